The number of aromatic nitrogens is 2. The zero-order chi connectivity index (χ0) is 13.7. The predicted molar refractivity (Wildman–Crippen MR) is 76.8 cm³/mol. The first kappa shape index (κ1) is 13.8. The third kappa shape index (κ3) is 3.43. The fourth-order valence-corrected chi connectivity index (χ4v) is 1.94. The van der Waals surface area contributed by atoms with Crippen LogP contribution in [0.2, 0.25) is 0 Å². The molecular weight excluding hydrogens is 238 g/mol. The Morgan fingerprint density at radius 2 is 2.05 bits per heavy atom. The molecule has 0 bridgehead atoms. The van der Waals surface area contributed by atoms with Gasteiger partial charge in [-0.1, -0.05) is 31.2 Å². The second-order valence-corrected chi connectivity index (χ2v) is 4.64. The van der Waals surface area contributed by atoms with Crippen molar-refractivity contribution in [2.24, 2.45) is 5.73 Å². The SMILES string of the molecule is CCC(N)c1ncc(-c2ccc(CCOC)cc2)[nH]1. The minimum absolute atomic E-state index is 0.0188. The number of nitrogens with two attached hydrogens (primary N) is 1. The molecule has 1 unspecified atom stereocenters. The summed E-state index contributed by atoms with van der Waals surface area (Å²) in [6.07, 6.45) is 3.66. The third-order valence-electron chi connectivity index (χ3n) is 3.25. The molecule has 4 heteroatoms. The van der Waals surface area contributed by atoms with E-state index in [0.717, 1.165) is 36.5 Å². The molecule has 2 aromatic rings. The maximum atomic E-state index is 5.96. The Kier molecular flexibility index (Phi) is 4.71. The van der Waals surface area contributed by atoms with Crippen LogP contribution in [0, 0.1) is 0 Å². The van der Waals surface area contributed by atoms with Gasteiger partial charge in [0.2, 0.25) is 0 Å². The standard InChI is InChI=1S/C15H21N3O/c1-3-13(16)15-17-10-14(18-15)12-6-4-11(5-7-12)8-9-19-2/h4-7,10,13H,3,8-9,16H2,1-2H3,(H,17,18). The summed E-state index contributed by atoms with van der Waals surface area (Å²) in [5.74, 6) is 0.848. The lowest BCUT2D eigenvalue weighted by Crippen LogP contribution is -2.10. The van der Waals surface area contributed by atoms with Crippen LogP contribution in [0.5, 0.6) is 0 Å². The molecule has 0 aliphatic heterocycles. The van der Waals surface area contributed by atoms with Gasteiger partial charge in [0.15, 0.2) is 0 Å². The summed E-state index contributed by atoms with van der Waals surface area (Å²) >= 11 is 0. The molecule has 2 rings (SSSR count). The van der Waals surface area contributed by atoms with Crippen LogP contribution in [-0.4, -0.2) is 23.7 Å². The van der Waals surface area contributed by atoms with Crippen molar-refractivity contribution in [3.05, 3.63) is 41.9 Å². The Hall–Kier alpha value is -1.65. The molecule has 1 aromatic carbocycles. The molecule has 0 saturated carbocycles. The van der Waals surface area contributed by atoms with E-state index in [1.54, 1.807) is 7.11 Å². The lowest BCUT2D eigenvalue weighted by molar-refractivity contribution is 0.202. The summed E-state index contributed by atoms with van der Waals surface area (Å²) in [5, 5.41) is 0. The molecular formula is C15H21N3O. The van der Waals surface area contributed by atoms with Crippen LogP contribution in [0.3, 0.4) is 0 Å². The summed E-state index contributed by atoms with van der Waals surface area (Å²) in [7, 11) is 1.72. The Morgan fingerprint density at radius 3 is 2.68 bits per heavy atom. The Balaban J connectivity index is 2.11. The van der Waals surface area contributed by atoms with E-state index >= 15 is 0 Å². The molecule has 3 N–H and O–H groups in total. The van der Waals surface area contributed by atoms with Crippen LogP contribution in [0.25, 0.3) is 11.3 Å². The largest absolute Gasteiger partial charge is 0.384 e. The van der Waals surface area contributed by atoms with E-state index < -0.39 is 0 Å². The van der Waals surface area contributed by atoms with Crippen molar-refractivity contribution < 1.29 is 4.74 Å². The van der Waals surface area contributed by atoms with Gasteiger partial charge in [-0.2, -0.15) is 0 Å². The maximum absolute atomic E-state index is 5.96. The van der Waals surface area contributed by atoms with Crippen molar-refractivity contribution in [1.29, 1.82) is 0 Å². The number of rotatable bonds is 6. The van der Waals surface area contributed by atoms with Crippen LogP contribution in [-0.2, 0) is 11.2 Å². The molecule has 0 radical (unpaired) electrons. The fraction of sp³-hybridized carbons (Fsp3) is 0.400. The third-order valence-corrected chi connectivity index (χ3v) is 3.25. The zero-order valence-corrected chi connectivity index (χ0v) is 11.5. The average molecular weight is 259 g/mol. The fourth-order valence-electron chi connectivity index (χ4n) is 1.94. The second-order valence-electron chi connectivity index (χ2n) is 4.64. The highest BCUT2D eigenvalue weighted by Crippen LogP contribution is 2.20. The van der Waals surface area contributed by atoms with Gasteiger partial charge in [0.05, 0.1) is 24.5 Å². The first-order chi connectivity index (χ1) is 9.24. The van der Waals surface area contributed by atoms with E-state index in [4.69, 9.17) is 10.5 Å². The molecule has 0 aliphatic carbocycles. The molecule has 0 spiro atoms. The normalized spacial score (nSPS) is 12.6. The Labute approximate surface area is 114 Å². The van der Waals surface area contributed by atoms with E-state index in [1.165, 1.54) is 5.56 Å². The van der Waals surface area contributed by atoms with Gasteiger partial charge >= 0.3 is 0 Å². The van der Waals surface area contributed by atoms with Gasteiger partial charge in [0.1, 0.15) is 5.82 Å². The number of nitrogens with zero attached hydrogens (tertiary/aromatic N) is 1. The summed E-state index contributed by atoms with van der Waals surface area (Å²) in [6, 6.07) is 8.41. The summed E-state index contributed by atoms with van der Waals surface area (Å²) in [4.78, 5) is 7.62. The van der Waals surface area contributed by atoms with Gasteiger partial charge in [-0.3, -0.25) is 0 Å². The molecule has 0 fully saturated rings. The van der Waals surface area contributed by atoms with E-state index in [2.05, 4.69) is 41.2 Å². The molecule has 0 amide bonds. The number of H-pyrrole nitrogens is 1. The molecule has 1 heterocycles. The van der Waals surface area contributed by atoms with E-state index in [-0.39, 0.29) is 6.04 Å². The number of ether oxygens (including phenoxy) is 1. The monoisotopic (exact) mass is 259 g/mol. The first-order valence-corrected chi connectivity index (χ1v) is 6.63. The molecule has 1 atom stereocenters. The van der Waals surface area contributed by atoms with Crippen molar-refractivity contribution in [1.82, 2.24) is 9.97 Å². The summed E-state index contributed by atoms with van der Waals surface area (Å²) in [5.41, 5.74) is 9.37. The highest BCUT2D eigenvalue weighted by atomic mass is 16.5. The maximum Gasteiger partial charge on any atom is 0.123 e. The van der Waals surface area contributed by atoms with Gasteiger partial charge in [-0.15, -0.1) is 0 Å². The Bertz CT molecular complexity index is 504. The minimum Gasteiger partial charge on any atom is -0.384 e. The number of hydrogen-bond donors (Lipinski definition) is 2. The Morgan fingerprint density at radius 1 is 1.32 bits per heavy atom. The lowest BCUT2D eigenvalue weighted by Gasteiger charge is -2.04. The van der Waals surface area contributed by atoms with Crippen LogP contribution < -0.4 is 5.73 Å². The first-order valence-electron chi connectivity index (χ1n) is 6.63. The molecule has 102 valence electrons. The van der Waals surface area contributed by atoms with Crippen LogP contribution in [0.15, 0.2) is 30.5 Å². The molecule has 0 saturated heterocycles. The predicted octanol–water partition coefficient (Wildman–Crippen LogP) is 2.68. The number of benzene rings is 1. The van der Waals surface area contributed by atoms with Gasteiger partial charge in [0.25, 0.3) is 0 Å². The van der Waals surface area contributed by atoms with Gasteiger partial charge in [-0.25, -0.2) is 4.98 Å². The van der Waals surface area contributed by atoms with Gasteiger partial charge in [-0.05, 0) is 24.0 Å². The lowest BCUT2D eigenvalue weighted by atomic mass is 10.1. The topological polar surface area (TPSA) is 63.9 Å². The summed E-state index contributed by atoms with van der Waals surface area (Å²) < 4.78 is 5.07. The van der Waals surface area contributed by atoms with Crippen molar-refractivity contribution in [2.45, 2.75) is 25.8 Å². The smallest absolute Gasteiger partial charge is 0.123 e. The summed E-state index contributed by atoms with van der Waals surface area (Å²) in [6.45, 7) is 2.80. The van der Waals surface area contributed by atoms with Crippen molar-refractivity contribution in [3.63, 3.8) is 0 Å². The van der Waals surface area contributed by atoms with Gasteiger partial charge in [0, 0.05) is 7.11 Å². The van der Waals surface area contributed by atoms with Gasteiger partial charge < -0.3 is 15.5 Å². The van der Waals surface area contributed by atoms with E-state index in [9.17, 15) is 0 Å². The van der Waals surface area contributed by atoms with Crippen molar-refractivity contribution in [2.75, 3.05) is 13.7 Å². The highest BCUT2D eigenvalue weighted by Gasteiger charge is 2.08. The molecule has 4 nitrogen and oxygen atoms in total. The van der Waals surface area contributed by atoms with E-state index in [1.807, 2.05) is 6.20 Å². The van der Waals surface area contributed by atoms with Crippen LogP contribution in [0.1, 0.15) is 30.8 Å². The average Bonchev–Trinajstić information content (AvgIpc) is 2.94. The minimum atomic E-state index is -0.0188. The number of methoxy groups -OCH3 is 1. The quantitative estimate of drug-likeness (QED) is 0.838. The number of hydrogen-bond acceptors (Lipinski definition) is 3. The van der Waals surface area contributed by atoms with Crippen molar-refractivity contribution >= 4 is 0 Å². The molecule has 19 heavy (non-hydrogen) atoms. The zero-order valence-electron chi connectivity index (χ0n) is 11.5. The van der Waals surface area contributed by atoms with E-state index in [0.29, 0.717) is 0 Å². The number of nitrogens with one attached hydrogen (secondary N) is 1. The second kappa shape index (κ2) is 6.50. The van der Waals surface area contributed by atoms with Crippen LogP contribution in [0.4, 0.5) is 0 Å². The number of aromatic amines is 1. The molecule has 1 aromatic heterocycles. The highest BCUT2D eigenvalue weighted by molar-refractivity contribution is 5.58. The van der Waals surface area contributed by atoms with Crippen molar-refractivity contribution in [3.8, 4) is 11.3 Å². The van der Waals surface area contributed by atoms with Crippen LogP contribution >= 0.6 is 0 Å². The molecule has 0 aliphatic rings. The number of imidazole rings is 1.